The Labute approximate surface area is 103 Å². The maximum absolute atomic E-state index is 11.7. The van der Waals surface area contributed by atoms with E-state index in [2.05, 4.69) is 17.2 Å². The van der Waals surface area contributed by atoms with E-state index >= 15 is 0 Å². The minimum absolute atomic E-state index is 0.0655. The molecule has 0 aliphatic heterocycles. The molecule has 0 bridgehead atoms. The molecule has 1 N–H and O–H groups in total. The molecule has 17 heavy (non-hydrogen) atoms. The van der Waals surface area contributed by atoms with E-state index in [1.54, 1.807) is 6.92 Å². The lowest BCUT2D eigenvalue weighted by atomic mass is 10.1. The van der Waals surface area contributed by atoms with Gasteiger partial charge in [0.05, 0.1) is 11.5 Å². The molecule has 0 radical (unpaired) electrons. The fourth-order valence-corrected chi connectivity index (χ4v) is 1.44. The summed E-state index contributed by atoms with van der Waals surface area (Å²) in [5.74, 6) is 4.66. The molecular weight excluding hydrogens is 244 g/mol. The zero-order valence-electron chi connectivity index (χ0n) is 8.99. The van der Waals surface area contributed by atoms with E-state index in [-0.39, 0.29) is 17.1 Å². The van der Waals surface area contributed by atoms with Gasteiger partial charge in [-0.1, -0.05) is 23.6 Å². The largest absolute Gasteiger partial charge is 0.341 e. The summed E-state index contributed by atoms with van der Waals surface area (Å²) < 4.78 is 0. The number of carbonyl (C=O) groups excluding carboxylic acids is 1. The summed E-state index contributed by atoms with van der Waals surface area (Å²) in [4.78, 5) is 21.8. The third kappa shape index (κ3) is 3.20. The molecule has 5 nitrogen and oxygen atoms in total. The molecule has 0 heterocycles. The fourth-order valence-electron chi connectivity index (χ4n) is 1.19. The van der Waals surface area contributed by atoms with Gasteiger partial charge in [-0.2, -0.15) is 0 Å². The molecule has 1 rings (SSSR count). The Morgan fingerprint density at radius 1 is 1.59 bits per heavy atom. The summed E-state index contributed by atoms with van der Waals surface area (Å²) in [5.41, 5.74) is -0.462. The van der Waals surface area contributed by atoms with Crippen LogP contribution in [0, 0.1) is 22.0 Å². The Kier molecular flexibility index (Phi) is 4.49. The Balaban J connectivity index is 3.03. The lowest BCUT2D eigenvalue weighted by Gasteiger charge is -2.03. The summed E-state index contributed by atoms with van der Waals surface area (Å²) in [6, 6.07) is 4.19. The quantitative estimate of drug-likeness (QED) is 0.508. The first kappa shape index (κ1) is 13.0. The van der Waals surface area contributed by atoms with Gasteiger partial charge in [0, 0.05) is 0 Å². The SMILES string of the molecule is CC#CCNC(=O)c1cccc(Cl)c1[N+](=O)[O-]. The van der Waals surface area contributed by atoms with Crippen molar-refractivity contribution in [2.24, 2.45) is 0 Å². The molecule has 0 aromatic heterocycles. The molecular formula is C11H9ClN2O3. The minimum Gasteiger partial charge on any atom is -0.341 e. The first-order valence-corrected chi connectivity index (χ1v) is 5.06. The van der Waals surface area contributed by atoms with E-state index in [0.717, 1.165) is 0 Å². The van der Waals surface area contributed by atoms with E-state index in [1.807, 2.05) is 0 Å². The van der Waals surface area contributed by atoms with E-state index in [9.17, 15) is 14.9 Å². The number of nitro benzene ring substituents is 1. The van der Waals surface area contributed by atoms with Crippen molar-refractivity contribution in [1.29, 1.82) is 0 Å². The van der Waals surface area contributed by atoms with Gasteiger partial charge in [-0.15, -0.1) is 5.92 Å². The van der Waals surface area contributed by atoms with Crippen molar-refractivity contribution in [2.45, 2.75) is 6.92 Å². The highest BCUT2D eigenvalue weighted by Crippen LogP contribution is 2.27. The number of para-hydroxylation sites is 1. The molecule has 0 fully saturated rings. The van der Waals surface area contributed by atoms with Crippen LogP contribution in [0.15, 0.2) is 18.2 Å². The average Bonchev–Trinajstić information content (AvgIpc) is 2.28. The first-order valence-electron chi connectivity index (χ1n) is 4.68. The molecule has 0 atom stereocenters. The highest BCUT2D eigenvalue weighted by Gasteiger charge is 2.22. The maximum Gasteiger partial charge on any atom is 0.300 e. The molecule has 88 valence electrons. The molecule has 1 amide bonds. The van der Waals surface area contributed by atoms with Gasteiger partial charge in [0.2, 0.25) is 0 Å². The Morgan fingerprint density at radius 3 is 2.88 bits per heavy atom. The van der Waals surface area contributed by atoms with E-state index in [1.165, 1.54) is 18.2 Å². The number of nitrogens with one attached hydrogen (secondary N) is 1. The number of nitro groups is 1. The normalized spacial score (nSPS) is 9.06. The minimum atomic E-state index is -0.678. The molecule has 6 heteroatoms. The summed E-state index contributed by atoms with van der Waals surface area (Å²) in [6.07, 6.45) is 0. The highest BCUT2D eigenvalue weighted by atomic mass is 35.5. The van der Waals surface area contributed by atoms with Crippen molar-refractivity contribution in [3.8, 4) is 11.8 Å². The molecule has 1 aromatic rings. The predicted octanol–water partition coefficient (Wildman–Crippen LogP) is 2.00. The standard InChI is InChI=1S/C11H9ClN2O3/c1-2-3-7-13-11(15)8-5-4-6-9(12)10(8)14(16)17/h4-6H,7H2,1H3,(H,13,15). The third-order valence-electron chi connectivity index (χ3n) is 1.93. The lowest BCUT2D eigenvalue weighted by molar-refractivity contribution is -0.385. The smallest absolute Gasteiger partial charge is 0.300 e. The summed E-state index contributed by atoms with van der Waals surface area (Å²) in [5, 5.41) is 13.2. The second-order valence-electron chi connectivity index (χ2n) is 3.00. The van der Waals surface area contributed by atoms with Crippen LogP contribution in [0.4, 0.5) is 5.69 Å². The van der Waals surface area contributed by atoms with Crippen LogP contribution >= 0.6 is 11.6 Å². The number of amides is 1. The molecule has 0 aliphatic rings. The van der Waals surface area contributed by atoms with Crippen LogP contribution in [-0.4, -0.2) is 17.4 Å². The van der Waals surface area contributed by atoms with Gasteiger partial charge in [0.25, 0.3) is 5.91 Å². The zero-order valence-corrected chi connectivity index (χ0v) is 9.75. The van der Waals surface area contributed by atoms with Crippen LogP contribution in [0.5, 0.6) is 0 Å². The van der Waals surface area contributed by atoms with Crippen LogP contribution in [0.25, 0.3) is 0 Å². The van der Waals surface area contributed by atoms with Crippen LogP contribution in [-0.2, 0) is 0 Å². The number of carbonyl (C=O) groups is 1. The van der Waals surface area contributed by atoms with Gasteiger partial charge in [-0.3, -0.25) is 14.9 Å². The molecule has 1 aromatic carbocycles. The number of halogens is 1. The van der Waals surface area contributed by atoms with E-state index < -0.39 is 16.5 Å². The molecule has 0 spiro atoms. The molecule has 0 unspecified atom stereocenters. The Morgan fingerprint density at radius 2 is 2.29 bits per heavy atom. The van der Waals surface area contributed by atoms with Gasteiger partial charge in [0.15, 0.2) is 0 Å². The average molecular weight is 253 g/mol. The Hall–Kier alpha value is -2.06. The number of hydrogen-bond acceptors (Lipinski definition) is 3. The predicted molar refractivity (Wildman–Crippen MR) is 63.9 cm³/mol. The second-order valence-corrected chi connectivity index (χ2v) is 3.41. The van der Waals surface area contributed by atoms with Crippen molar-refractivity contribution < 1.29 is 9.72 Å². The second kappa shape index (κ2) is 5.87. The number of benzene rings is 1. The van der Waals surface area contributed by atoms with E-state index in [4.69, 9.17) is 11.6 Å². The zero-order chi connectivity index (χ0) is 12.8. The van der Waals surface area contributed by atoms with Gasteiger partial charge in [-0.05, 0) is 19.1 Å². The molecule has 0 saturated carbocycles. The third-order valence-corrected chi connectivity index (χ3v) is 2.23. The van der Waals surface area contributed by atoms with Crippen molar-refractivity contribution in [3.05, 3.63) is 38.9 Å². The van der Waals surface area contributed by atoms with Crippen LogP contribution in [0.1, 0.15) is 17.3 Å². The summed E-state index contributed by atoms with van der Waals surface area (Å²) in [7, 11) is 0. The fraction of sp³-hybridized carbons (Fsp3) is 0.182. The Bertz CT molecular complexity index is 517. The summed E-state index contributed by atoms with van der Waals surface area (Å²) >= 11 is 5.68. The van der Waals surface area contributed by atoms with Crippen molar-refractivity contribution >= 4 is 23.2 Å². The van der Waals surface area contributed by atoms with Crippen molar-refractivity contribution in [1.82, 2.24) is 5.32 Å². The van der Waals surface area contributed by atoms with Gasteiger partial charge < -0.3 is 5.32 Å². The maximum atomic E-state index is 11.7. The van der Waals surface area contributed by atoms with Gasteiger partial charge >= 0.3 is 5.69 Å². The first-order chi connectivity index (χ1) is 8.07. The molecule has 0 saturated heterocycles. The van der Waals surface area contributed by atoms with Crippen molar-refractivity contribution in [2.75, 3.05) is 6.54 Å². The summed E-state index contributed by atoms with van der Waals surface area (Å²) in [6.45, 7) is 1.77. The number of hydrogen-bond donors (Lipinski definition) is 1. The molecule has 0 aliphatic carbocycles. The highest BCUT2D eigenvalue weighted by molar-refractivity contribution is 6.33. The topological polar surface area (TPSA) is 72.2 Å². The lowest BCUT2D eigenvalue weighted by Crippen LogP contribution is -2.24. The van der Waals surface area contributed by atoms with Crippen LogP contribution < -0.4 is 5.32 Å². The van der Waals surface area contributed by atoms with Crippen LogP contribution in [0.2, 0.25) is 5.02 Å². The van der Waals surface area contributed by atoms with Gasteiger partial charge in [0.1, 0.15) is 10.6 Å². The van der Waals surface area contributed by atoms with Crippen LogP contribution in [0.3, 0.4) is 0 Å². The van der Waals surface area contributed by atoms with E-state index in [0.29, 0.717) is 0 Å². The number of rotatable bonds is 3. The monoisotopic (exact) mass is 252 g/mol. The van der Waals surface area contributed by atoms with Gasteiger partial charge in [-0.25, -0.2) is 0 Å². The number of nitrogens with zero attached hydrogens (tertiary/aromatic N) is 1. The van der Waals surface area contributed by atoms with Crippen molar-refractivity contribution in [3.63, 3.8) is 0 Å².